The van der Waals surface area contributed by atoms with E-state index in [1.54, 1.807) is 6.92 Å². The van der Waals surface area contributed by atoms with E-state index in [4.69, 9.17) is 5.11 Å². The highest BCUT2D eigenvalue weighted by molar-refractivity contribution is 5.82. The fraction of sp³-hybridized carbons (Fsp3) is 0.250. The SMILES string of the molecule is Cc1nnc(C(=O)O)nn1. The van der Waals surface area contributed by atoms with Crippen molar-refractivity contribution in [2.45, 2.75) is 6.92 Å². The van der Waals surface area contributed by atoms with Gasteiger partial charge in [-0.25, -0.2) is 4.79 Å². The van der Waals surface area contributed by atoms with E-state index in [1.807, 2.05) is 0 Å². The van der Waals surface area contributed by atoms with E-state index in [9.17, 15) is 4.79 Å². The number of aromatic nitrogens is 4. The van der Waals surface area contributed by atoms with Crippen LogP contribution in [0.15, 0.2) is 0 Å². The Bertz CT molecular complexity index is 244. The molecule has 0 aliphatic rings. The number of aryl methyl sites for hydroxylation is 1. The van der Waals surface area contributed by atoms with Gasteiger partial charge in [0.05, 0.1) is 0 Å². The van der Waals surface area contributed by atoms with Crippen molar-refractivity contribution in [1.82, 2.24) is 20.4 Å². The van der Waals surface area contributed by atoms with Crippen LogP contribution in [-0.4, -0.2) is 31.5 Å². The van der Waals surface area contributed by atoms with E-state index < -0.39 is 5.97 Å². The first-order chi connectivity index (χ1) is 4.70. The molecule has 6 nitrogen and oxygen atoms in total. The lowest BCUT2D eigenvalue weighted by Gasteiger charge is -1.88. The van der Waals surface area contributed by atoms with Gasteiger partial charge >= 0.3 is 5.97 Å². The van der Waals surface area contributed by atoms with Crippen LogP contribution in [0.4, 0.5) is 0 Å². The molecule has 0 aromatic carbocycles. The van der Waals surface area contributed by atoms with Gasteiger partial charge in [-0.1, -0.05) is 0 Å². The molecule has 0 unspecified atom stereocenters. The van der Waals surface area contributed by atoms with Gasteiger partial charge in [0.25, 0.3) is 5.82 Å². The van der Waals surface area contributed by atoms with Crippen molar-refractivity contribution in [3.63, 3.8) is 0 Å². The van der Waals surface area contributed by atoms with Gasteiger partial charge in [0, 0.05) is 0 Å². The first kappa shape index (κ1) is 6.53. The fourth-order valence-electron chi connectivity index (χ4n) is 0.365. The van der Waals surface area contributed by atoms with Crippen LogP contribution in [0, 0.1) is 6.92 Å². The van der Waals surface area contributed by atoms with Gasteiger partial charge in [-0.3, -0.25) is 0 Å². The molecule has 10 heavy (non-hydrogen) atoms. The highest BCUT2D eigenvalue weighted by atomic mass is 16.4. The molecule has 1 heterocycles. The van der Waals surface area contributed by atoms with E-state index in [0.29, 0.717) is 5.82 Å². The minimum absolute atomic E-state index is 0.352. The number of aromatic carboxylic acids is 1. The summed E-state index contributed by atoms with van der Waals surface area (Å²) >= 11 is 0. The Morgan fingerprint density at radius 3 is 2.20 bits per heavy atom. The zero-order chi connectivity index (χ0) is 7.56. The molecule has 0 bridgehead atoms. The van der Waals surface area contributed by atoms with Crippen molar-refractivity contribution < 1.29 is 9.90 Å². The van der Waals surface area contributed by atoms with Crippen molar-refractivity contribution in [2.75, 3.05) is 0 Å². The van der Waals surface area contributed by atoms with Gasteiger partial charge in [-0.05, 0) is 6.92 Å². The molecule has 1 N–H and O–H groups in total. The van der Waals surface area contributed by atoms with E-state index in [0.717, 1.165) is 0 Å². The second kappa shape index (κ2) is 2.34. The average molecular weight is 140 g/mol. The summed E-state index contributed by atoms with van der Waals surface area (Å²) in [5.74, 6) is -1.25. The zero-order valence-electron chi connectivity index (χ0n) is 5.14. The Hall–Kier alpha value is -1.59. The van der Waals surface area contributed by atoms with Crippen molar-refractivity contribution in [3.8, 4) is 0 Å². The maximum absolute atomic E-state index is 10.1. The summed E-state index contributed by atoms with van der Waals surface area (Å²) in [5.41, 5.74) is 0. The molecule has 0 atom stereocenters. The fourth-order valence-corrected chi connectivity index (χ4v) is 0.365. The van der Waals surface area contributed by atoms with E-state index in [-0.39, 0.29) is 5.82 Å². The lowest BCUT2D eigenvalue weighted by molar-refractivity contribution is 0.0680. The number of carboxylic acids is 1. The molecule has 0 radical (unpaired) electrons. The average Bonchev–Trinajstić information content (AvgIpc) is 1.88. The number of hydrogen-bond acceptors (Lipinski definition) is 5. The first-order valence-electron chi connectivity index (χ1n) is 2.47. The number of carbonyl (C=O) groups is 1. The summed E-state index contributed by atoms with van der Waals surface area (Å²) in [7, 11) is 0. The molecule has 0 aliphatic carbocycles. The quantitative estimate of drug-likeness (QED) is 0.553. The Morgan fingerprint density at radius 2 is 1.80 bits per heavy atom. The van der Waals surface area contributed by atoms with Crippen LogP contribution in [0.3, 0.4) is 0 Å². The summed E-state index contributed by atoms with van der Waals surface area (Å²) in [6.45, 7) is 1.58. The molecular weight excluding hydrogens is 136 g/mol. The molecule has 0 saturated heterocycles. The maximum atomic E-state index is 10.1. The van der Waals surface area contributed by atoms with Crippen molar-refractivity contribution in [2.24, 2.45) is 0 Å². The Labute approximate surface area is 55.9 Å². The van der Waals surface area contributed by atoms with Crippen LogP contribution in [0.1, 0.15) is 16.4 Å². The van der Waals surface area contributed by atoms with Crippen LogP contribution >= 0.6 is 0 Å². The number of nitrogens with zero attached hydrogens (tertiary/aromatic N) is 4. The molecule has 0 saturated carbocycles. The molecule has 0 aliphatic heterocycles. The lowest BCUT2D eigenvalue weighted by atomic mass is 10.6. The third-order valence-corrected chi connectivity index (χ3v) is 0.770. The normalized spacial score (nSPS) is 9.30. The van der Waals surface area contributed by atoms with Gasteiger partial charge in [-0.15, -0.1) is 20.4 Å². The van der Waals surface area contributed by atoms with Crippen molar-refractivity contribution in [3.05, 3.63) is 11.6 Å². The van der Waals surface area contributed by atoms with E-state index >= 15 is 0 Å². The summed E-state index contributed by atoms with van der Waals surface area (Å²) < 4.78 is 0. The lowest BCUT2D eigenvalue weighted by Crippen LogP contribution is -2.08. The zero-order valence-corrected chi connectivity index (χ0v) is 5.14. The monoisotopic (exact) mass is 140 g/mol. The highest BCUT2D eigenvalue weighted by Gasteiger charge is 2.05. The third-order valence-electron chi connectivity index (χ3n) is 0.770. The topological polar surface area (TPSA) is 88.9 Å². The third kappa shape index (κ3) is 1.22. The smallest absolute Gasteiger partial charge is 0.377 e. The largest absolute Gasteiger partial charge is 0.475 e. The summed E-state index contributed by atoms with van der Waals surface area (Å²) in [6, 6.07) is 0. The van der Waals surface area contributed by atoms with Crippen LogP contribution < -0.4 is 0 Å². The van der Waals surface area contributed by atoms with Crippen LogP contribution in [0.25, 0.3) is 0 Å². The molecule has 52 valence electrons. The standard InChI is InChI=1S/C4H4N4O2/c1-2-5-7-3(4(9)10)8-6-2/h1H3,(H,9,10). The van der Waals surface area contributed by atoms with Gasteiger partial charge in [0.2, 0.25) is 0 Å². The minimum Gasteiger partial charge on any atom is -0.475 e. The maximum Gasteiger partial charge on any atom is 0.377 e. The molecule has 1 aromatic rings. The van der Waals surface area contributed by atoms with Crippen molar-refractivity contribution >= 4 is 5.97 Å². The predicted octanol–water partition coefficient (Wildman–Crippen LogP) is -0.727. The molecular formula is C4H4N4O2. The number of rotatable bonds is 1. The van der Waals surface area contributed by atoms with Crippen LogP contribution in [0.2, 0.25) is 0 Å². The molecule has 0 spiro atoms. The van der Waals surface area contributed by atoms with Gasteiger partial charge < -0.3 is 5.11 Å². The Balaban J connectivity index is 3.00. The van der Waals surface area contributed by atoms with Gasteiger partial charge in [0.15, 0.2) is 5.82 Å². The highest BCUT2D eigenvalue weighted by Crippen LogP contribution is 1.82. The van der Waals surface area contributed by atoms with Gasteiger partial charge in [-0.2, -0.15) is 0 Å². The molecule has 0 fully saturated rings. The molecule has 1 aromatic heterocycles. The van der Waals surface area contributed by atoms with Gasteiger partial charge in [0.1, 0.15) is 0 Å². The molecule has 1 rings (SSSR count). The Kier molecular flexibility index (Phi) is 1.53. The summed E-state index contributed by atoms with van der Waals surface area (Å²) in [4.78, 5) is 10.1. The molecule has 6 heteroatoms. The first-order valence-corrected chi connectivity index (χ1v) is 2.47. The summed E-state index contributed by atoms with van der Waals surface area (Å²) in [5, 5.41) is 21.6. The number of carboxylic acid groups (broad SMARTS) is 1. The van der Waals surface area contributed by atoms with Crippen molar-refractivity contribution in [1.29, 1.82) is 0 Å². The van der Waals surface area contributed by atoms with Crippen LogP contribution in [-0.2, 0) is 0 Å². The molecule has 0 amide bonds. The van der Waals surface area contributed by atoms with Crippen LogP contribution in [0.5, 0.6) is 0 Å². The Morgan fingerprint density at radius 1 is 1.30 bits per heavy atom. The predicted molar refractivity (Wildman–Crippen MR) is 29.3 cm³/mol. The second-order valence-corrected chi connectivity index (χ2v) is 1.58. The van der Waals surface area contributed by atoms with E-state index in [2.05, 4.69) is 20.4 Å². The second-order valence-electron chi connectivity index (χ2n) is 1.58. The van der Waals surface area contributed by atoms with E-state index in [1.165, 1.54) is 0 Å². The summed E-state index contributed by atoms with van der Waals surface area (Å²) in [6.07, 6.45) is 0. The minimum atomic E-state index is -1.22. The number of hydrogen-bond donors (Lipinski definition) is 1.